The Bertz CT molecular complexity index is 658. The summed E-state index contributed by atoms with van der Waals surface area (Å²) in [6, 6.07) is 0.518. The standard InChI is InChI=1S/C15H26N4O4S/c1-4-23-15(20)13-10-16-18-14(13)24(21,22)17-9-12(3)19-8-6-5-7-11(19)2/h10-12,17H,4-9H2,1-3H3,(H,16,18). The van der Waals surface area contributed by atoms with Crippen molar-refractivity contribution in [3.05, 3.63) is 11.8 Å². The van der Waals surface area contributed by atoms with Crippen molar-refractivity contribution in [2.45, 2.75) is 57.1 Å². The summed E-state index contributed by atoms with van der Waals surface area (Å²) in [6.45, 7) is 7.24. The molecule has 8 nitrogen and oxygen atoms in total. The Kier molecular flexibility index (Phi) is 6.36. The van der Waals surface area contributed by atoms with E-state index in [-0.39, 0.29) is 29.8 Å². The molecule has 2 N–H and O–H groups in total. The molecular weight excluding hydrogens is 332 g/mol. The molecule has 2 atom stereocenters. The molecule has 1 aromatic heterocycles. The van der Waals surface area contributed by atoms with Gasteiger partial charge in [-0.2, -0.15) is 5.10 Å². The second kappa shape index (κ2) is 8.09. The fraction of sp³-hybridized carbons (Fsp3) is 0.733. The van der Waals surface area contributed by atoms with Crippen LogP contribution < -0.4 is 4.72 Å². The normalized spacial score (nSPS) is 20.7. The topological polar surface area (TPSA) is 104 Å². The van der Waals surface area contributed by atoms with Gasteiger partial charge >= 0.3 is 5.97 Å². The van der Waals surface area contributed by atoms with Crippen molar-refractivity contribution in [1.29, 1.82) is 0 Å². The molecule has 1 aliphatic rings. The van der Waals surface area contributed by atoms with Crippen LogP contribution in [0.15, 0.2) is 11.2 Å². The van der Waals surface area contributed by atoms with Gasteiger partial charge in [0.05, 0.1) is 12.8 Å². The molecule has 2 unspecified atom stereocenters. The van der Waals surface area contributed by atoms with Crippen molar-refractivity contribution in [2.75, 3.05) is 19.7 Å². The molecule has 0 amide bonds. The van der Waals surface area contributed by atoms with E-state index in [1.807, 2.05) is 6.92 Å². The van der Waals surface area contributed by atoms with Crippen molar-refractivity contribution in [3.63, 3.8) is 0 Å². The third kappa shape index (κ3) is 4.34. The van der Waals surface area contributed by atoms with Crippen molar-refractivity contribution in [1.82, 2.24) is 19.8 Å². The molecule has 9 heteroatoms. The van der Waals surface area contributed by atoms with Crippen molar-refractivity contribution in [2.24, 2.45) is 0 Å². The number of rotatable bonds is 7. The number of hydrogen-bond acceptors (Lipinski definition) is 6. The fourth-order valence-electron chi connectivity index (χ4n) is 3.03. The van der Waals surface area contributed by atoms with Crippen LogP contribution in [0.4, 0.5) is 0 Å². The van der Waals surface area contributed by atoms with E-state index >= 15 is 0 Å². The Labute approximate surface area is 143 Å². The molecule has 1 aromatic rings. The highest BCUT2D eigenvalue weighted by molar-refractivity contribution is 7.89. The SMILES string of the molecule is CCOC(=O)c1cn[nH]c1S(=O)(=O)NCC(C)N1CCCCC1C. The minimum Gasteiger partial charge on any atom is -0.462 e. The molecule has 1 aliphatic heterocycles. The lowest BCUT2D eigenvalue weighted by Gasteiger charge is -2.38. The second-order valence-corrected chi connectivity index (χ2v) is 7.82. The highest BCUT2D eigenvalue weighted by atomic mass is 32.2. The summed E-state index contributed by atoms with van der Waals surface area (Å²) < 4.78 is 32.4. The number of aromatic nitrogens is 2. The van der Waals surface area contributed by atoms with Crippen LogP contribution in [0.2, 0.25) is 0 Å². The zero-order chi connectivity index (χ0) is 17.7. The van der Waals surface area contributed by atoms with Gasteiger partial charge in [0, 0.05) is 18.6 Å². The van der Waals surface area contributed by atoms with Gasteiger partial charge in [0.15, 0.2) is 5.03 Å². The molecule has 0 radical (unpaired) electrons. The monoisotopic (exact) mass is 358 g/mol. The zero-order valence-electron chi connectivity index (χ0n) is 14.4. The maximum absolute atomic E-state index is 12.5. The number of likely N-dealkylation sites (tertiary alicyclic amines) is 1. The Morgan fingerprint density at radius 1 is 1.54 bits per heavy atom. The Morgan fingerprint density at radius 2 is 2.29 bits per heavy atom. The average Bonchev–Trinajstić information content (AvgIpc) is 3.04. The predicted molar refractivity (Wildman–Crippen MR) is 89.2 cm³/mol. The van der Waals surface area contributed by atoms with Gasteiger partial charge in [-0.1, -0.05) is 6.42 Å². The molecular formula is C15H26N4O4S. The summed E-state index contributed by atoms with van der Waals surface area (Å²) in [7, 11) is -3.86. The number of piperidine rings is 1. The first-order valence-corrected chi connectivity index (χ1v) is 9.81. The van der Waals surface area contributed by atoms with Gasteiger partial charge in [0.25, 0.3) is 10.0 Å². The molecule has 136 valence electrons. The van der Waals surface area contributed by atoms with Gasteiger partial charge < -0.3 is 4.74 Å². The van der Waals surface area contributed by atoms with Crippen LogP contribution in [0.25, 0.3) is 0 Å². The number of aromatic amines is 1. The Hall–Kier alpha value is -1.45. The van der Waals surface area contributed by atoms with Crippen LogP contribution in [0.1, 0.15) is 50.4 Å². The molecule has 0 spiro atoms. The third-order valence-electron chi connectivity index (χ3n) is 4.36. The van der Waals surface area contributed by atoms with Gasteiger partial charge in [-0.25, -0.2) is 17.9 Å². The summed E-state index contributed by atoms with van der Waals surface area (Å²) in [5, 5.41) is 5.80. The van der Waals surface area contributed by atoms with Gasteiger partial charge in [-0.15, -0.1) is 0 Å². The molecule has 0 aromatic carbocycles. The second-order valence-electron chi connectivity index (χ2n) is 6.12. The smallest absolute Gasteiger partial charge is 0.342 e. The first-order valence-electron chi connectivity index (χ1n) is 8.32. The number of ether oxygens (including phenoxy) is 1. The van der Waals surface area contributed by atoms with Crippen molar-refractivity contribution in [3.8, 4) is 0 Å². The van der Waals surface area contributed by atoms with Crippen LogP contribution in [-0.4, -0.2) is 61.3 Å². The van der Waals surface area contributed by atoms with Crippen LogP contribution in [0.5, 0.6) is 0 Å². The van der Waals surface area contributed by atoms with Crippen molar-refractivity contribution < 1.29 is 17.9 Å². The van der Waals surface area contributed by atoms with E-state index in [0.29, 0.717) is 6.04 Å². The number of sulfonamides is 1. The zero-order valence-corrected chi connectivity index (χ0v) is 15.2. The molecule has 0 bridgehead atoms. The molecule has 24 heavy (non-hydrogen) atoms. The summed E-state index contributed by atoms with van der Waals surface area (Å²) in [4.78, 5) is 14.1. The van der Waals surface area contributed by atoms with E-state index in [1.54, 1.807) is 6.92 Å². The quantitative estimate of drug-likeness (QED) is 0.708. The lowest BCUT2D eigenvalue weighted by atomic mass is 10.0. The van der Waals surface area contributed by atoms with E-state index in [0.717, 1.165) is 19.4 Å². The van der Waals surface area contributed by atoms with Gasteiger partial charge in [0.1, 0.15) is 5.56 Å². The maximum atomic E-state index is 12.5. The number of nitrogens with zero attached hydrogens (tertiary/aromatic N) is 2. The Morgan fingerprint density at radius 3 is 2.96 bits per heavy atom. The highest BCUT2D eigenvalue weighted by Crippen LogP contribution is 2.19. The minimum atomic E-state index is -3.86. The van der Waals surface area contributed by atoms with Crippen LogP contribution >= 0.6 is 0 Å². The number of carbonyl (C=O) groups is 1. The van der Waals surface area contributed by atoms with Crippen molar-refractivity contribution >= 4 is 16.0 Å². The van der Waals surface area contributed by atoms with Crippen LogP contribution in [-0.2, 0) is 14.8 Å². The number of hydrogen-bond donors (Lipinski definition) is 2. The van der Waals surface area contributed by atoms with Crippen LogP contribution in [0.3, 0.4) is 0 Å². The van der Waals surface area contributed by atoms with Crippen LogP contribution in [0, 0.1) is 0 Å². The number of H-pyrrole nitrogens is 1. The average molecular weight is 358 g/mol. The summed E-state index contributed by atoms with van der Waals surface area (Å²) in [5.74, 6) is -0.704. The fourth-order valence-corrected chi connectivity index (χ4v) is 4.23. The molecule has 2 heterocycles. The predicted octanol–water partition coefficient (Wildman–Crippen LogP) is 1.13. The van der Waals surface area contributed by atoms with E-state index in [9.17, 15) is 13.2 Å². The molecule has 1 fully saturated rings. The molecule has 0 saturated carbocycles. The highest BCUT2D eigenvalue weighted by Gasteiger charge is 2.28. The van der Waals surface area contributed by atoms with E-state index in [4.69, 9.17) is 4.74 Å². The lowest BCUT2D eigenvalue weighted by molar-refractivity contribution is 0.0522. The van der Waals surface area contributed by atoms with Gasteiger partial charge in [-0.05, 0) is 40.2 Å². The summed E-state index contributed by atoms with van der Waals surface area (Å²) in [5.41, 5.74) is -0.0802. The number of carbonyl (C=O) groups excluding carboxylic acids is 1. The summed E-state index contributed by atoms with van der Waals surface area (Å²) >= 11 is 0. The van der Waals surface area contributed by atoms with E-state index in [2.05, 4.69) is 26.7 Å². The lowest BCUT2D eigenvalue weighted by Crippen LogP contribution is -2.48. The van der Waals surface area contributed by atoms with Gasteiger partial charge in [0.2, 0.25) is 0 Å². The number of esters is 1. The Balaban J connectivity index is 2.04. The van der Waals surface area contributed by atoms with Gasteiger partial charge in [-0.3, -0.25) is 10.00 Å². The number of nitrogens with one attached hydrogen (secondary N) is 2. The molecule has 0 aliphatic carbocycles. The van der Waals surface area contributed by atoms with E-state index in [1.165, 1.54) is 12.6 Å². The first kappa shape index (κ1) is 18.9. The first-order chi connectivity index (χ1) is 11.4. The van der Waals surface area contributed by atoms with E-state index < -0.39 is 16.0 Å². The molecule has 2 rings (SSSR count). The largest absolute Gasteiger partial charge is 0.462 e. The third-order valence-corrected chi connectivity index (χ3v) is 5.75. The summed E-state index contributed by atoms with van der Waals surface area (Å²) in [6.07, 6.45) is 4.65. The molecule has 1 saturated heterocycles. The minimum absolute atomic E-state index is 0.0732. The maximum Gasteiger partial charge on any atom is 0.342 e.